The zero-order valence-corrected chi connectivity index (χ0v) is 7.58. The van der Waals surface area contributed by atoms with Gasteiger partial charge in [-0.05, 0) is 12.1 Å². The fraction of sp³-hybridized carbons (Fsp3) is 0. The quantitative estimate of drug-likeness (QED) is 0.582. The lowest BCUT2D eigenvalue weighted by Gasteiger charge is -1.97. The first-order valence-corrected chi connectivity index (χ1v) is 4.05. The fourth-order valence-electron chi connectivity index (χ4n) is 1.08. The summed E-state index contributed by atoms with van der Waals surface area (Å²) in [5.41, 5.74) is -0.117. The number of aromatic nitrogens is 2. The van der Waals surface area contributed by atoms with Crippen molar-refractivity contribution in [3.8, 4) is 11.4 Å². The van der Waals surface area contributed by atoms with Gasteiger partial charge in [-0.25, -0.2) is 13.2 Å². The summed E-state index contributed by atoms with van der Waals surface area (Å²) in [5.74, 6) is -4.84. The molecular formula is C9H3F3N2O2. The first-order chi connectivity index (χ1) is 7.61. The van der Waals surface area contributed by atoms with Gasteiger partial charge < -0.3 is 4.52 Å². The molecule has 1 aromatic carbocycles. The highest BCUT2D eigenvalue weighted by Crippen LogP contribution is 2.21. The molecule has 0 aliphatic carbocycles. The summed E-state index contributed by atoms with van der Waals surface area (Å²) in [5, 5.41) is 3.30. The van der Waals surface area contributed by atoms with Crippen LogP contribution >= 0.6 is 0 Å². The Morgan fingerprint density at radius 2 is 1.81 bits per heavy atom. The Balaban J connectivity index is 2.52. The molecular weight excluding hydrogens is 225 g/mol. The maximum atomic E-state index is 12.8. The molecule has 0 fully saturated rings. The molecule has 1 aromatic heterocycles. The monoisotopic (exact) mass is 228 g/mol. The van der Waals surface area contributed by atoms with Gasteiger partial charge in [0.05, 0.1) is 0 Å². The van der Waals surface area contributed by atoms with Crippen LogP contribution in [-0.2, 0) is 0 Å². The Bertz CT molecular complexity index is 530. The molecule has 0 amide bonds. The van der Waals surface area contributed by atoms with Crippen LogP contribution in [0, 0.1) is 17.5 Å². The van der Waals surface area contributed by atoms with Crippen molar-refractivity contribution in [3.05, 3.63) is 35.5 Å². The van der Waals surface area contributed by atoms with Gasteiger partial charge in [0, 0.05) is 5.56 Å². The van der Waals surface area contributed by atoms with Crippen molar-refractivity contribution in [2.24, 2.45) is 0 Å². The van der Waals surface area contributed by atoms with E-state index in [2.05, 4.69) is 14.7 Å². The third-order valence-electron chi connectivity index (χ3n) is 1.78. The molecule has 4 nitrogen and oxygen atoms in total. The van der Waals surface area contributed by atoms with Gasteiger partial charge in [0.15, 0.2) is 17.5 Å². The molecule has 2 aromatic rings. The van der Waals surface area contributed by atoms with E-state index in [1.807, 2.05) is 0 Å². The van der Waals surface area contributed by atoms with E-state index in [1.54, 1.807) is 0 Å². The van der Waals surface area contributed by atoms with Crippen molar-refractivity contribution in [1.29, 1.82) is 0 Å². The van der Waals surface area contributed by atoms with Gasteiger partial charge >= 0.3 is 0 Å². The van der Waals surface area contributed by atoms with E-state index in [1.165, 1.54) is 0 Å². The molecule has 2 rings (SSSR count). The molecule has 16 heavy (non-hydrogen) atoms. The van der Waals surface area contributed by atoms with Crippen molar-refractivity contribution in [1.82, 2.24) is 10.1 Å². The topological polar surface area (TPSA) is 56.0 Å². The molecule has 0 unspecified atom stereocenters. The molecule has 7 heteroatoms. The number of carbonyl (C=O) groups is 1. The van der Waals surface area contributed by atoms with Crippen molar-refractivity contribution < 1.29 is 22.5 Å². The summed E-state index contributed by atoms with van der Waals surface area (Å²) < 4.78 is 42.7. The Hall–Kier alpha value is -2.18. The highest BCUT2D eigenvalue weighted by Gasteiger charge is 2.15. The van der Waals surface area contributed by atoms with Crippen LogP contribution < -0.4 is 0 Å². The SMILES string of the molecule is O=Cc1nc(-c2cc(F)c(F)c(F)c2)no1. The smallest absolute Gasteiger partial charge is 0.291 e. The van der Waals surface area contributed by atoms with Gasteiger partial charge in [-0.1, -0.05) is 5.16 Å². The summed E-state index contributed by atoms with van der Waals surface area (Å²) in [6.07, 6.45) is 0.284. The predicted molar refractivity (Wildman–Crippen MR) is 45.0 cm³/mol. The predicted octanol–water partition coefficient (Wildman–Crippen LogP) is 1.97. The number of carbonyl (C=O) groups excluding carboxylic acids is 1. The van der Waals surface area contributed by atoms with Crippen LogP contribution in [0.2, 0.25) is 0 Å². The largest absolute Gasteiger partial charge is 0.331 e. The number of hydrogen-bond acceptors (Lipinski definition) is 4. The van der Waals surface area contributed by atoms with Crippen LogP contribution in [0.1, 0.15) is 10.7 Å². The highest BCUT2D eigenvalue weighted by atomic mass is 19.2. The third-order valence-corrected chi connectivity index (χ3v) is 1.78. The number of rotatable bonds is 2. The number of halogens is 3. The van der Waals surface area contributed by atoms with E-state index in [0.29, 0.717) is 12.1 Å². The van der Waals surface area contributed by atoms with Gasteiger partial charge in [-0.3, -0.25) is 4.79 Å². The maximum absolute atomic E-state index is 12.8. The zero-order valence-electron chi connectivity index (χ0n) is 7.58. The van der Waals surface area contributed by atoms with Crippen molar-refractivity contribution >= 4 is 6.29 Å². The molecule has 0 saturated carbocycles. The number of hydrogen-bond donors (Lipinski definition) is 0. The van der Waals surface area contributed by atoms with Gasteiger partial charge in [-0.2, -0.15) is 4.98 Å². The van der Waals surface area contributed by atoms with E-state index in [9.17, 15) is 18.0 Å². The standard InChI is InChI=1S/C9H3F3N2O2/c10-5-1-4(2-6(11)8(5)12)9-13-7(3-15)16-14-9/h1-3H. The van der Waals surface area contributed by atoms with Crippen LogP contribution in [0.15, 0.2) is 16.7 Å². The van der Waals surface area contributed by atoms with Crippen molar-refractivity contribution in [2.75, 3.05) is 0 Å². The second-order valence-corrected chi connectivity index (χ2v) is 2.83. The van der Waals surface area contributed by atoms with Crippen LogP contribution in [0.5, 0.6) is 0 Å². The van der Waals surface area contributed by atoms with Crippen molar-refractivity contribution in [3.63, 3.8) is 0 Å². The minimum absolute atomic E-state index is 0.117. The molecule has 0 N–H and O–H groups in total. The summed E-state index contributed by atoms with van der Waals surface area (Å²) in [7, 11) is 0. The van der Waals surface area contributed by atoms with Gasteiger partial charge in [0.2, 0.25) is 12.1 Å². The molecule has 0 atom stereocenters. The first kappa shape index (κ1) is 10.3. The first-order valence-electron chi connectivity index (χ1n) is 4.05. The third kappa shape index (κ3) is 1.67. The number of nitrogens with zero attached hydrogens (tertiary/aromatic N) is 2. The van der Waals surface area contributed by atoms with Crippen LogP contribution in [0.4, 0.5) is 13.2 Å². The average molecular weight is 228 g/mol. The molecule has 0 spiro atoms. The van der Waals surface area contributed by atoms with Crippen LogP contribution in [0.3, 0.4) is 0 Å². The second-order valence-electron chi connectivity index (χ2n) is 2.83. The van der Waals surface area contributed by atoms with E-state index in [0.717, 1.165) is 0 Å². The summed E-state index contributed by atoms with van der Waals surface area (Å²) in [4.78, 5) is 13.7. The summed E-state index contributed by atoms with van der Waals surface area (Å²) >= 11 is 0. The average Bonchev–Trinajstić information content (AvgIpc) is 2.73. The molecule has 0 radical (unpaired) electrons. The van der Waals surface area contributed by atoms with E-state index in [-0.39, 0.29) is 23.6 Å². The molecule has 0 saturated heterocycles. The molecule has 0 aliphatic rings. The van der Waals surface area contributed by atoms with Crippen molar-refractivity contribution in [2.45, 2.75) is 0 Å². The van der Waals surface area contributed by atoms with Crippen LogP contribution in [0.25, 0.3) is 11.4 Å². The van der Waals surface area contributed by atoms with Gasteiger partial charge in [0.1, 0.15) is 0 Å². The van der Waals surface area contributed by atoms with E-state index >= 15 is 0 Å². The summed E-state index contributed by atoms with van der Waals surface area (Å²) in [6, 6.07) is 1.41. The molecule has 0 bridgehead atoms. The second kappa shape index (κ2) is 3.76. The number of aldehydes is 1. The fourth-order valence-corrected chi connectivity index (χ4v) is 1.08. The minimum atomic E-state index is -1.58. The van der Waals surface area contributed by atoms with Gasteiger partial charge in [0.25, 0.3) is 5.89 Å². The Kier molecular flexibility index (Phi) is 2.43. The Morgan fingerprint density at radius 1 is 1.19 bits per heavy atom. The molecule has 82 valence electrons. The lowest BCUT2D eigenvalue weighted by molar-refractivity contribution is 0.108. The minimum Gasteiger partial charge on any atom is -0.331 e. The normalized spacial score (nSPS) is 10.4. The molecule has 0 aliphatic heterocycles. The lowest BCUT2D eigenvalue weighted by Crippen LogP contribution is -1.92. The lowest BCUT2D eigenvalue weighted by atomic mass is 10.2. The Morgan fingerprint density at radius 3 is 2.31 bits per heavy atom. The van der Waals surface area contributed by atoms with E-state index in [4.69, 9.17) is 0 Å². The Labute approximate surface area is 86.7 Å². The highest BCUT2D eigenvalue weighted by molar-refractivity contribution is 5.68. The zero-order chi connectivity index (χ0) is 11.7. The van der Waals surface area contributed by atoms with Gasteiger partial charge in [-0.15, -0.1) is 0 Å². The summed E-state index contributed by atoms with van der Waals surface area (Å²) in [6.45, 7) is 0. The molecule has 1 heterocycles. The number of benzene rings is 1. The maximum Gasteiger partial charge on any atom is 0.291 e. The van der Waals surface area contributed by atoms with E-state index < -0.39 is 17.5 Å². The van der Waals surface area contributed by atoms with Crippen LogP contribution in [-0.4, -0.2) is 16.4 Å².